The van der Waals surface area contributed by atoms with Crippen molar-refractivity contribution >= 4 is 43.7 Å². The van der Waals surface area contributed by atoms with Gasteiger partial charge < -0.3 is 0 Å². The maximum absolute atomic E-state index is 5.49. The highest BCUT2D eigenvalue weighted by atomic mass is 15.2. The van der Waals surface area contributed by atoms with E-state index >= 15 is 0 Å². The van der Waals surface area contributed by atoms with Gasteiger partial charge in [0.05, 0.1) is 27.6 Å². The van der Waals surface area contributed by atoms with Crippen molar-refractivity contribution in [2.45, 2.75) is 0 Å². The Bertz CT molecular complexity index is 2830. The van der Waals surface area contributed by atoms with Gasteiger partial charge in [-0.05, 0) is 58.7 Å². The van der Waals surface area contributed by atoms with E-state index in [0.29, 0.717) is 5.95 Å². The van der Waals surface area contributed by atoms with Crippen molar-refractivity contribution in [3.63, 3.8) is 0 Å². The molecular weight excluding hydrogens is 609 g/mol. The molecule has 0 amide bonds. The molecule has 4 heteroatoms. The van der Waals surface area contributed by atoms with Crippen LogP contribution in [0.25, 0.3) is 88.9 Å². The number of nitrogens with zero attached hydrogens (tertiary/aromatic N) is 4. The van der Waals surface area contributed by atoms with Gasteiger partial charge in [-0.25, -0.2) is 4.98 Å². The van der Waals surface area contributed by atoms with Crippen molar-refractivity contribution in [1.82, 2.24) is 19.1 Å². The predicted octanol–water partition coefficient (Wildman–Crippen LogP) is 11.7. The Hall–Kier alpha value is -6.78. The lowest BCUT2D eigenvalue weighted by Crippen LogP contribution is -2.05. The predicted molar refractivity (Wildman–Crippen MR) is 207 cm³/mol. The molecule has 0 fully saturated rings. The van der Waals surface area contributed by atoms with Crippen molar-refractivity contribution in [3.05, 3.63) is 182 Å². The highest BCUT2D eigenvalue weighted by molar-refractivity contribution is 6.14. The molecule has 0 saturated carbocycles. The first-order chi connectivity index (χ1) is 24.8. The third kappa shape index (κ3) is 4.46. The minimum absolute atomic E-state index is 0.637. The van der Waals surface area contributed by atoms with E-state index in [1.54, 1.807) is 0 Å². The van der Waals surface area contributed by atoms with E-state index in [1.807, 2.05) is 0 Å². The second-order valence-corrected chi connectivity index (χ2v) is 12.7. The average Bonchev–Trinajstić information content (AvgIpc) is 3.71. The van der Waals surface area contributed by atoms with Crippen LogP contribution in [0.4, 0.5) is 0 Å². The molecule has 0 aliphatic heterocycles. The molecule has 10 rings (SSSR count). The van der Waals surface area contributed by atoms with Gasteiger partial charge in [0, 0.05) is 27.4 Å². The van der Waals surface area contributed by atoms with Crippen LogP contribution in [-0.2, 0) is 0 Å². The van der Waals surface area contributed by atoms with Gasteiger partial charge in [-0.3, -0.25) is 9.13 Å². The Morgan fingerprint density at radius 3 is 1.54 bits per heavy atom. The maximum Gasteiger partial charge on any atom is 0.237 e. The molecule has 0 atom stereocenters. The van der Waals surface area contributed by atoms with Crippen LogP contribution in [0.3, 0.4) is 0 Å². The van der Waals surface area contributed by atoms with Crippen LogP contribution in [0.15, 0.2) is 182 Å². The molecule has 50 heavy (non-hydrogen) atoms. The second-order valence-electron chi connectivity index (χ2n) is 12.7. The number of para-hydroxylation sites is 3. The number of hydrogen-bond donors (Lipinski definition) is 0. The Morgan fingerprint density at radius 2 is 0.840 bits per heavy atom. The van der Waals surface area contributed by atoms with Crippen molar-refractivity contribution in [2.24, 2.45) is 0 Å². The molecule has 0 saturated heterocycles. The lowest BCUT2D eigenvalue weighted by Gasteiger charge is -2.13. The number of aromatic nitrogens is 4. The van der Waals surface area contributed by atoms with E-state index in [-0.39, 0.29) is 0 Å². The lowest BCUT2D eigenvalue weighted by molar-refractivity contribution is 0.994. The minimum Gasteiger partial charge on any atom is -0.294 e. The monoisotopic (exact) mass is 638 g/mol. The smallest absolute Gasteiger partial charge is 0.237 e. The fourth-order valence-electron chi connectivity index (χ4n) is 7.44. The van der Waals surface area contributed by atoms with Gasteiger partial charge in [-0.15, -0.1) is 0 Å². The summed E-state index contributed by atoms with van der Waals surface area (Å²) in [6.07, 6.45) is 0. The summed E-state index contributed by atoms with van der Waals surface area (Å²) < 4.78 is 4.51. The molecule has 0 aliphatic carbocycles. The molecule has 3 aromatic heterocycles. The fourth-order valence-corrected chi connectivity index (χ4v) is 7.44. The molecule has 7 aromatic carbocycles. The molecule has 0 spiro atoms. The SMILES string of the molecule is c1ccc(-c2ccc(-c3nc(-n4c5ccccc5c5cc(-c6ccccc6)ccc54)nc4c3c3ccccc3n4-c3ccccc3)cc2)cc1. The second kappa shape index (κ2) is 11.4. The van der Waals surface area contributed by atoms with Crippen molar-refractivity contribution in [1.29, 1.82) is 0 Å². The van der Waals surface area contributed by atoms with E-state index in [9.17, 15) is 0 Å². The van der Waals surface area contributed by atoms with E-state index in [4.69, 9.17) is 9.97 Å². The third-order valence-corrected chi connectivity index (χ3v) is 9.76. The van der Waals surface area contributed by atoms with Gasteiger partial charge in [-0.1, -0.05) is 146 Å². The minimum atomic E-state index is 0.637. The molecule has 3 heterocycles. The Labute approximate surface area is 289 Å². The maximum atomic E-state index is 5.49. The summed E-state index contributed by atoms with van der Waals surface area (Å²) in [6.45, 7) is 0. The van der Waals surface area contributed by atoms with Gasteiger partial charge in [0.1, 0.15) is 0 Å². The topological polar surface area (TPSA) is 35.6 Å². The fraction of sp³-hybridized carbons (Fsp3) is 0. The van der Waals surface area contributed by atoms with E-state index in [1.165, 1.54) is 33.0 Å². The zero-order valence-corrected chi connectivity index (χ0v) is 27.1. The van der Waals surface area contributed by atoms with Crippen LogP contribution in [0, 0.1) is 0 Å². The molecule has 0 aliphatic rings. The molecule has 0 bridgehead atoms. The number of hydrogen-bond acceptors (Lipinski definition) is 2. The standard InChI is InChI=1S/C46H30N4/c1-4-14-31(15-5-1)33-24-26-34(27-25-33)44-43-38-21-11-13-23-41(38)49(36-18-8-3-9-19-36)45(43)48-46(47-44)50-40-22-12-10-20-37(40)39-30-35(28-29-42(39)50)32-16-6-2-7-17-32/h1-30H. The lowest BCUT2D eigenvalue weighted by atomic mass is 10.0. The summed E-state index contributed by atoms with van der Waals surface area (Å²) in [7, 11) is 0. The average molecular weight is 639 g/mol. The van der Waals surface area contributed by atoms with E-state index < -0.39 is 0 Å². The van der Waals surface area contributed by atoms with Gasteiger partial charge >= 0.3 is 0 Å². The third-order valence-electron chi connectivity index (χ3n) is 9.76. The number of fused-ring (bicyclic) bond motifs is 6. The number of rotatable bonds is 5. The van der Waals surface area contributed by atoms with Crippen molar-refractivity contribution < 1.29 is 0 Å². The van der Waals surface area contributed by atoms with Crippen LogP contribution in [0.2, 0.25) is 0 Å². The van der Waals surface area contributed by atoms with Gasteiger partial charge in [0.15, 0.2) is 5.65 Å². The number of benzene rings is 7. The van der Waals surface area contributed by atoms with Crippen LogP contribution in [-0.4, -0.2) is 19.1 Å². The molecule has 234 valence electrons. The first-order valence-electron chi connectivity index (χ1n) is 16.9. The quantitative estimate of drug-likeness (QED) is 0.188. The van der Waals surface area contributed by atoms with Crippen LogP contribution < -0.4 is 0 Å². The Kier molecular flexibility index (Phi) is 6.46. The van der Waals surface area contributed by atoms with Crippen LogP contribution >= 0.6 is 0 Å². The first kappa shape index (κ1) is 28.3. The van der Waals surface area contributed by atoms with E-state index in [0.717, 1.165) is 49.9 Å². The van der Waals surface area contributed by atoms with Crippen LogP contribution in [0.1, 0.15) is 0 Å². The molecular formula is C46H30N4. The van der Waals surface area contributed by atoms with Crippen molar-refractivity contribution in [3.8, 4) is 45.1 Å². The molecule has 0 N–H and O–H groups in total. The first-order valence-corrected chi connectivity index (χ1v) is 16.9. The van der Waals surface area contributed by atoms with E-state index in [2.05, 4.69) is 191 Å². The largest absolute Gasteiger partial charge is 0.294 e. The highest BCUT2D eigenvalue weighted by Gasteiger charge is 2.23. The Balaban J connectivity index is 1.29. The molecule has 0 unspecified atom stereocenters. The van der Waals surface area contributed by atoms with Gasteiger partial charge in [0.2, 0.25) is 5.95 Å². The summed E-state index contributed by atoms with van der Waals surface area (Å²) in [6, 6.07) is 64.2. The Morgan fingerprint density at radius 1 is 0.340 bits per heavy atom. The summed E-state index contributed by atoms with van der Waals surface area (Å²) in [5.41, 5.74) is 11.8. The van der Waals surface area contributed by atoms with Crippen LogP contribution in [0.5, 0.6) is 0 Å². The van der Waals surface area contributed by atoms with Crippen molar-refractivity contribution in [2.75, 3.05) is 0 Å². The summed E-state index contributed by atoms with van der Waals surface area (Å²) in [5.74, 6) is 0.637. The summed E-state index contributed by atoms with van der Waals surface area (Å²) in [4.78, 5) is 11.0. The van der Waals surface area contributed by atoms with Gasteiger partial charge in [-0.2, -0.15) is 4.98 Å². The summed E-state index contributed by atoms with van der Waals surface area (Å²) in [5, 5.41) is 4.49. The summed E-state index contributed by atoms with van der Waals surface area (Å²) >= 11 is 0. The molecule has 4 nitrogen and oxygen atoms in total. The zero-order valence-electron chi connectivity index (χ0n) is 27.1. The molecule has 10 aromatic rings. The van der Waals surface area contributed by atoms with Gasteiger partial charge in [0.25, 0.3) is 0 Å². The highest BCUT2D eigenvalue weighted by Crippen LogP contribution is 2.40. The normalized spacial score (nSPS) is 11.6. The zero-order chi connectivity index (χ0) is 33.0. The molecule has 0 radical (unpaired) electrons.